The molecule has 0 saturated heterocycles. The monoisotopic (exact) mass is 202 g/mol. The van der Waals surface area contributed by atoms with Crippen molar-refractivity contribution >= 4 is 0 Å². The van der Waals surface area contributed by atoms with Crippen molar-refractivity contribution < 1.29 is 5.11 Å². The van der Waals surface area contributed by atoms with E-state index in [9.17, 15) is 0 Å². The number of nitriles is 1. The van der Waals surface area contributed by atoms with E-state index < -0.39 is 0 Å². The molecule has 0 amide bonds. The second-order valence-electron chi connectivity index (χ2n) is 4.01. The Hall–Kier alpha value is -1.53. The minimum absolute atomic E-state index is 0.234. The molecule has 0 spiro atoms. The summed E-state index contributed by atoms with van der Waals surface area (Å²) >= 11 is 0. The molecule has 1 fully saturated rings. The largest absolute Gasteiger partial charge is 0.508 e. The van der Waals surface area contributed by atoms with Gasteiger partial charge in [-0.15, -0.1) is 0 Å². The van der Waals surface area contributed by atoms with Gasteiger partial charge in [0.1, 0.15) is 11.8 Å². The lowest BCUT2D eigenvalue weighted by Gasteiger charge is -2.11. The van der Waals surface area contributed by atoms with Gasteiger partial charge in [0.2, 0.25) is 0 Å². The molecule has 1 atom stereocenters. The first kappa shape index (κ1) is 10.0. The second kappa shape index (κ2) is 4.33. The van der Waals surface area contributed by atoms with Crippen LogP contribution in [-0.2, 0) is 0 Å². The molecule has 3 nitrogen and oxygen atoms in total. The molecule has 0 radical (unpaired) electrons. The van der Waals surface area contributed by atoms with Crippen molar-refractivity contribution in [2.24, 2.45) is 5.92 Å². The molecule has 1 aromatic rings. The molecule has 15 heavy (non-hydrogen) atoms. The predicted octanol–water partition coefficient (Wildman–Crippen LogP) is 1.96. The summed E-state index contributed by atoms with van der Waals surface area (Å²) in [6.07, 6.45) is 2.56. The van der Waals surface area contributed by atoms with Crippen molar-refractivity contribution in [1.82, 2.24) is 5.32 Å². The highest BCUT2D eigenvalue weighted by atomic mass is 16.3. The normalized spacial score (nSPS) is 17.0. The van der Waals surface area contributed by atoms with Crippen LogP contribution in [0.1, 0.15) is 24.4 Å². The number of nitrogens with one attached hydrogen (secondary N) is 1. The second-order valence-corrected chi connectivity index (χ2v) is 4.01. The predicted molar refractivity (Wildman–Crippen MR) is 57.2 cm³/mol. The number of hydrogen-bond donors (Lipinski definition) is 2. The van der Waals surface area contributed by atoms with Gasteiger partial charge in [-0.3, -0.25) is 5.32 Å². The van der Waals surface area contributed by atoms with Crippen molar-refractivity contribution in [1.29, 1.82) is 5.26 Å². The zero-order chi connectivity index (χ0) is 10.7. The number of nitrogens with zero attached hydrogens (tertiary/aromatic N) is 1. The topological polar surface area (TPSA) is 56.0 Å². The van der Waals surface area contributed by atoms with E-state index in [1.165, 1.54) is 12.8 Å². The van der Waals surface area contributed by atoms with Crippen molar-refractivity contribution in [2.45, 2.75) is 18.9 Å². The molecule has 1 aromatic carbocycles. The smallest absolute Gasteiger partial charge is 0.121 e. The van der Waals surface area contributed by atoms with Gasteiger partial charge in [-0.1, -0.05) is 12.1 Å². The van der Waals surface area contributed by atoms with Crippen molar-refractivity contribution in [3.05, 3.63) is 29.8 Å². The van der Waals surface area contributed by atoms with Gasteiger partial charge in [0.25, 0.3) is 0 Å². The van der Waals surface area contributed by atoms with Gasteiger partial charge in [0, 0.05) is 0 Å². The summed E-state index contributed by atoms with van der Waals surface area (Å²) in [7, 11) is 0. The summed E-state index contributed by atoms with van der Waals surface area (Å²) < 4.78 is 0. The van der Waals surface area contributed by atoms with Crippen LogP contribution in [0.4, 0.5) is 0 Å². The van der Waals surface area contributed by atoms with Crippen LogP contribution in [0.3, 0.4) is 0 Å². The lowest BCUT2D eigenvalue weighted by molar-refractivity contribution is 0.474. The molecule has 1 unspecified atom stereocenters. The lowest BCUT2D eigenvalue weighted by Crippen LogP contribution is -2.22. The van der Waals surface area contributed by atoms with Crippen LogP contribution in [-0.4, -0.2) is 11.7 Å². The van der Waals surface area contributed by atoms with Gasteiger partial charge < -0.3 is 5.11 Å². The minimum atomic E-state index is -0.258. The number of phenolic OH excluding ortho intramolecular Hbond substituents is 1. The molecule has 2 rings (SSSR count). The molecule has 0 aliphatic heterocycles. The molecular formula is C12H14N2O. The Labute approximate surface area is 89.4 Å². The molecule has 0 bridgehead atoms. The van der Waals surface area contributed by atoms with Crippen LogP contribution in [0.5, 0.6) is 5.75 Å². The van der Waals surface area contributed by atoms with Crippen LogP contribution >= 0.6 is 0 Å². The molecule has 78 valence electrons. The van der Waals surface area contributed by atoms with Crippen LogP contribution in [0.25, 0.3) is 0 Å². The molecular weight excluding hydrogens is 188 g/mol. The molecule has 2 N–H and O–H groups in total. The Morgan fingerprint density at radius 3 is 2.60 bits per heavy atom. The Morgan fingerprint density at radius 1 is 1.40 bits per heavy atom. The van der Waals surface area contributed by atoms with Crippen molar-refractivity contribution in [3.8, 4) is 11.8 Å². The highest BCUT2D eigenvalue weighted by Gasteiger charge is 2.22. The maximum absolute atomic E-state index is 9.14. The molecule has 0 heterocycles. The highest BCUT2D eigenvalue weighted by molar-refractivity contribution is 5.30. The van der Waals surface area contributed by atoms with Crippen LogP contribution < -0.4 is 5.32 Å². The van der Waals surface area contributed by atoms with Crippen LogP contribution in [0, 0.1) is 17.2 Å². The number of hydrogen-bond acceptors (Lipinski definition) is 3. The number of phenols is 1. The molecule has 0 aromatic heterocycles. The first-order valence-corrected chi connectivity index (χ1v) is 5.21. The van der Waals surface area contributed by atoms with Gasteiger partial charge >= 0.3 is 0 Å². The Kier molecular flexibility index (Phi) is 2.89. The van der Waals surface area contributed by atoms with E-state index in [1.54, 1.807) is 24.3 Å². The summed E-state index contributed by atoms with van der Waals surface area (Å²) in [5, 5.41) is 21.4. The van der Waals surface area contributed by atoms with Crippen molar-refractivity contribution in [2.75, 3.05) is 6.54 Å². The average molecular weight is 202 g/mol. The summed E-state index contributed by atoms with van der Waals surface area (Å²) in [5.74, 6) is 0.996. The fraction of sp³-hybridized carbons (Fsp3) is 0.417. The lowest BCUT2D eigenvalue weighted by atomic mass is 10.1. The Morgan fingerprint density at radius 2 is 2.07 bits per heavy atom. The van der Waals surface area contributed by atoms with E-state index in [-0.39, 0.29) is 11.8 Å². The summed E-state index contributed by atoms with van der Waals surface area (Å²) in [5.41, 5.74) is 0.913. The quantitative estimate of drug-likeness (QED) is 0.784. The van der Waals surface area contributed by atoms with Gasteiger partial charge in [-0.25, -0.2) is 0 Å². The summed E-state index contributed by atoms with van der Waals surface area (Å²) in [4.78, 5) is 0. The van der Waals surface area contributed by atoms with Gasteiger partial charge in [-0.2, -0.15) is 5.26 Å². The molecule has 1 saturated carbocycles. The molecule has 1 aliphatic rings. The van der Waals surface area contributed by atoms with Gasteiger partial charge in [-0.05, 0) is 43.0 Å². The van der Waals surface area contributed by atoms with E-state index in [1.807, 2.05) is 0 Å². The third kappa shape index (κ3) is 2.71. The van der Waals surface area contributed by atoms with E-state index in [2.05, 4.69) is 11.4 Å². The van der Waals surface area contributed by atoms with E-state index in [0.717, 1.165) is 18.0 Å². The Bertz CT molecular complexity index is 362. The fourth-order valence-corrected chi connectivity index (χ4v) is 1.51. The first-order valence-electron chi connectivity index (χ1n) is 5.21. The van der Waals surface area contributed by atoms with E-state index in [0.29, 0.717) is 0 Å². The van der Waals surface area contributed by atoms with E-state index in [4.69, 9.17) is 10.4 Å². The first-order chi connectivity index (χ1) is 7.29. The van der Waals surface area contributed by atoms with Gasteiger partial charge in [0.15, 0.2) is 0 Å². The van der Waals surface area contributed by atoms with Crippen molar-refractivity contribution in [3.63, 3.8) is 0 Å². The molecule has 3 heteroatoms. The zero-order valence-corrected chi connectivity index (χ0v) is 8.48. The third-order valence-electron chi connectivity index (χ3n) is 2.66. The summed E-state index contributed by atoms with van der Waals surface area (Å²) in [6, 6.07) is 8.75. The maximum Gasteiger partial charge on any atom is 0.121 e. The third-order valence-corrected chi connectivity index (χ3v) is 2.66. The van der Waals surface area contributed by atoms with Gasteiger partial charge in [0.05, 0.1) is 6.07 Å². The van der Waals surface area contributed by atoms with Crippen LogP contribution in [0.15, 0.2) is 24.3 Å². The summed E-state index contributed by atoms with van der Waals surface area (Å²) in [6.45, 7) is 0.916. The SMILES string of the molecule is N#CC(NCC1CC1)c1ccc(O)cc1. The zero-order valence-electron chi connectivity index (χ0n) is 8.48. The highest BCUT2D eigenvalue weighted by Crippen LogP contribution is 2.28. The van der Waals surface area contributed by atoms with E-state index >= 15 is 0 Å². The number of rotatable bonds is 4. The number of aromatic hydroxyl groups is 1. The minimum Gasteiger partial charge on any atom is -0.508 e. The maximum atomic E-state index is 9.14. The standard InChI is InChI=1S/C12H14N2O/c13-7-12(14-8-9-1-2-9)10-3-5-11(15)6-4-10/h3-6,9,12,14-15H,1-2,8H2. The Balaban J connectivity index is 1.98. The fourth-order valence-electron chi connectivity index (χ4n) is 1.51. The average Bonchev–Trinajstić information content (AvgIpc) is 3.05. The van der Waals surface area contributed by atoms with Crippen LogP contribution in [0.2, 0.25) is 0 Å². The molecule has 1 aliphatic carbocycles. The number of benzene rings is 1.